The highest BCUT2D eigenvalue weighted by molar-refractivity contribution is 9.10. The van der Waals surface area contributed by atoms with Gasteiger partial charge in [0.15, 0.2) is 5.76 Å². The molecule has 0 aliphatic heterocycles. The summed E-state index contributed by atoms with van der Waals surface area (Å²) in [5, 5.41) is 6.01. The Balaban J connectivity index is 1.52. The van der Waals surface area contributed by atoms with E-state index in [-0.39, 0.29) is 5.56 Å². The number of nitrogens with zero attached hydrogens (tertiary/aromatic N) is 5. The van der Waals surface area contributed by atoms with Crippen LogP contribution in [0.2, 0.25) is 0 Å². The fourth-order valence-corrected chi connectivity index (χ4v) is 4.93. The molecule has 37 heavy (non-hydrogen) atoms. The smallest absolute Gasteiger partial charge is 0.282 e. The molecule has 4 heterocycles. The first kappa shape index (κ1) is 23.1. The average molecular weight is 552 g/mol. The summed E-state index contributed by atoms with van der Waals surface area (Å²) in [7, 11) is 0. The third-order valence-electron chi connectivity index (χ3n) is 6.37. The molecular weight excluding hydrogens is 530 g/mol. The van der Waals surface area contributed by atoms with Gasteiger partial charge >= 0.3 is 0 Å². The van der Waals surface area contributed by atoms with Crippen molar-refractivity contribution in [1.29, 1.82) is 0 Å². The van der Waals surface area contributed by atoms with Crippen LogP contribution in [0.3, 0.4) is 0 Å². The summed E-state index contributed by atoms with van der Waals surface area (Å²) < 4.78 is 10.4. The summed E-state index contributed by atoms with van der Waals surface area (Å²) >= 11 is 3.50. The van der Waals surface area contributed by atoms with Gasteiger partial charge in [-0.3, -0.25) is 4.79 Å². The van der Waals surface area contributed by atoms with Crippen molar-refractivity contribution in [1.82, 2.24) is 19.2 Å². The minimum absolute atomic E-state index is 0.271. The van der Waals surface area contributed by atoms with Crippen molar-refractivity contribution in [2.75, 3.05) is 0 Å². The first-order valence-corrected chi connectivity index (χ1v) is 12.6. The molecular formula is C29H22BrN5O2. The third kappa shape index (κ3) is 4.09. The fourth-order valence-electron chi connectivity index (χ4n) is 4.55. The van der Waals surface area contributed by atoms with E-state index in [9.17, 15) is 4.79 Å². The van der Waals surface area contributed by atoms with Gasteiger partial charge in [-0.05, 0) is 80.9 Å². The molecule has 2 aromatic carbocycles. The Morgan fingerprint density at radius 2 is 1.84 bits per heavy atom. The number of pyridine rings is 1. The molecule has 7 nitrogen and oxygen atoms in total. The van der Waals surface area contributed by atoms with Gasteiger partial charge in [0.05, 0.1) is 17.1 Å². The molecule has 0 N–H and O–H groups in total. The first-order valence-electron chi connectivity index (χ1n) is 11.8. The molecule has 0 atom stereocenters. The predicted molar refractivity (Wildman–Crippen MR) is 150 cm³/mol. The van der Waals surface area contributed by atoms with Crippen molar-refractivity contribution in [2.24, 2.45) is 5.10 Å². The van der Waals surface area contributed by atoms with Gasteiger partial charge in [-0.25, -0.2) is 9.97 Å². The van der Waals surface area contributed by atoms with Crippen LogP contribution >= 0.6 is 15.9 Å². The lowest BCUT2D eigenvalue weighted by molar-refractivity contribution is 0.616. The largest absolute Gasteiger partial charge is 0.453 e. The van der Waals surface area contributed by atoms with E-state index in [0.29, 0.717) is 28.1 Å². The first-order chi connectivity index (χ1) is 17.9. The second-order valence-corrected chi connectivity index (χ2v) is 9.88. The number of aromatic nitrogens is 4. The standard InChI is InChI=1S/C29H22BrN5O2/c1-17-10-11-31-27(12-17)34-18(2)13-21(19(34)3)16-32-35-28(33-24-7-5-4-6-23(24)29(35)36)26-15-20-14-22(30)8-9-25(20)37-26/h4-16H,1-3H3. The summed E-state index contributed by atoms with van der Waals surface area (Å²) in [6.07, 6.45) is 3.49. The molecule has 0 saturated heterocycles. The van der Waals surface area contributed by atoms with E-state index in [1.54, 1.807) is 18.5 Å². The molecule has 8 heteroatoms. The highest BCUT2D eigenvalue weighted by Crippen LogP contribution is 2.29. The van der Waals surface area contributed by atoms with E-state index in [4.69, 9.17) is 9.40 Å². The molecule has 0 aliphatic rings. The van der Waals surface area contributed by atoms with Crippen molar-refractivity contribution in [3.63, 3.8) is 0 Å². The number of fused-ring (bicyclic) bond motifs is 2. The number of rotatable bonds is 4. The van der Waals surface area contributed by atoms with Crippen molar-refractivity contribution in [3.8, 4) is 17.4 Å². The molecule has 0 radical (unpaired) electrons. The highest BCUT2D eigenvalue weighted by Gasteiger charge is 2.17. The number of hydrogen-bond acceptors (Lipinski definition) is 5. The zero-order valence-corrected chi connectivity index (χ0v) is 22.0. The lowest BCUT2D eigenvalue weighted by Crippen LogP contribution is -2.20. The third-order valence-corrected chi connectivity index (χ3v) is 6.86. The van der Waals surface area contributed by atoms with Gasteiger partial charge in [-0.15, -0.1) is 0 Å². The molecule has 182 valence electrons. The molecule has 4 aromatic heterocycles. The Morgan fingerprint density at radius 3 is 2.68 bits per heavy atom. The summed E-state index contributed by atoms with van der Waals surface area (Å²) in [5.74, 6) is 1.64. The number of halogens is 1. The van der Waals surface area contributed by atoms with Crippen molar-refractivity contribution in [3.05, 3.63) is 110 Å². The van der Waals surface area contributed by atoms with Crippen molar-refractivity contribution in [2.45, 2.75) is 20.8 Å². The Labute approximate surface area is 220 Å². The topological polar surface area (TPSA) is 78.2 Å². The molecule has 0 saturated carbocycles. The van der Waals surface area contributed by atoms with Crippen LogP contribution in [0.1, 0.15) is 22.5 Å². The summed E-state index contributed by atoms with van der Waals surface area (Å²) in [6, 6.07) is 20.9. The van der Waals surface area contributed by atoms with Gasteiger partial charge in [-0.2, -0.15) is 9.78 Å². The summed E-state index contributed by atoms with van der Waals surface area (Å²) in [5.41, 5.74) is 5.00. The van der Waals surface area contributed by atoms with Gasteiger partial charge in [0, 0.05) is 33.0 Å². The van der Waals surface area contributed by atoms with Crippen LogP contribution in [0.25, 0.3) is 39.3 Å². The van der Waals surface area contributed by atoms with Crippen LogP contribution in [0.4, 0.5) is 0 Å². The molecule has 0 aliphatic carbocycles. The maximum atomic E-state index is 13.6. The van der Waals surface area contributed by atoms with Gasteiger partial charge in [-0.1, -0.05) is 28.1 Å². The summed E-state index contributed by atoms with van der Waals surface area (Å²) in [6.45, 7) is 6.08. The zero-order valence-electron chi connectivity index (χ0n) is 20.4. The molecule has 0 unspecified atom stereocenters. The number of aryl methyl sites for hydroxylation is 2. The van der Waals surface area contributed by atoms with Crippen molar-refractivity contribution < 1.29 is 4.42 Å². The Bertz CT molecular complexity index is 1910. The number of hydrogen-bond donors (Lipinski definition) is 0. The van der Waals surface area contributed by atoms with E-state index in [1.807, 2.05) is 81.4 Å². The van der Waals surface area contributed by atoms with Crippen LogP contribution < -0.4 is 5.56 Å². The zero-order chi connectivity index (χ0) is 25.7. The van der Waals surface area contributed by atoms with Gasteiger partial charge in [0.1, 0.15) is 11.4 Å². The lowest BCUT2D eigenvalue weighted by atomic mass is 10.2. The van der Waals surface area contributed by atoms with Crippen LogP contribution in [-0.2, 0) is 0 Å². The molecule has 0 amide bonds. The Kier molecular flexibility index (Phi) is 5.61. The van der Waals surface area contributed by atoms with Crippen LogP contribution in [0, 0.1) is 20.8 Å². The molecule has 6 rings (SSSR count). The lowest BCUT2D eigenvalue weighted by Gasteiger charge is -2.09. The predicted octanol–water partition coefficient (Wildman–Crippen LogP) is 6.57. The van der Waals surface area contributed by atoms with E-state index in [2.05, 4.69) is 30.6 Å². The van der Waals surface area contributed by atoms with Gasteiger partial charge < -0.3 is 8.98 Å². The number of benzene rings is 2. The van der Waals surface area contributed by atoms with E-state index in [1.165, 1.54) is 4.68 Å². The van der Waals surface area contributed by atoms with E-state index >= 15 is 0 Å². The number of para-hydroxylation sites is 1. The maximum Gasteiger partial charge on any atom is 0.282 e. The summed E-state index contributed by atoms with van der Waals surface area (Å²) in [4.78, 5) is 22.9. The van der Waals surface area contributed by atoms with Crippen LogP contribution in [-0.4, -0.2) is 25.4 Å². The minimum atomic E-state index is -0.271. The molecule has 6 aromatic rings. The average Bonchev–Trinajstić information content (AvgIpc) is 3.42. The minimum Gasteiger partial charge on any atom is -0.453 e. The Hall–Kier alpha value is -4.30. The van der Waals surface area contributed by atoms with Crippen LogP contribution in [0.15, 0.2) is 91.7 Å². The molecule has 0 spiro atoms. The van der Waals surface area contributed by atoms with E-state index < -0.39 is 0 Å². The second-order valence-electron chi connectivity index (χ2n) is 8.96. The monoisotopic (exact) mass is 551 g/mol. The van der Waals surface area contributed by atoms with Crippen LogP contribution in [0.5, 0.6) is 0 Å². The molecule has 0 fully saturated rings. The Morgan fingerprint density at radius 1 is 1.00 bits per heavy atom. The quantitative estimate of drug-likeness (QED) is 0.232. The maximum absolute atomic E-state index is 13.6. The normalized spacial score (nSPS) is 11.8. The SMILES string of the molecule is Cc1ccnc(-n2c(C)cc(C=Nn3c(-c4cc5cc(Br)ccc5o4)nc4ccccc4c3=O)c2C)c1. The van der Waals surface area contributed by atoms with Crippen molar-refractivity contribution >= 4 is 44.0 Å². The van der Waals surface area contributed by atoms with Gasteiger partial charge in [0.25, 0.3) is 5.56 Å². The fraction of sp³-hybridized carbons (Fsp3) is 0.103. The molecule has 0 bridgehead atoms. The van der Waals surface area contributed by atoms with E-state index in [0.717, 1.165) is 38.2 Å². The van der Waals surface area contributed by atoms with Gasteiger partial charge in [0.2, 0.25) is 5.82 Å². The number of furan rings is 1. The highest BCUT2D eigenvalue weighted by atomic mass is 79.9. The second kappa shape index (κ2) is 8.97.